The van der Waals surface area contributed by atoms with E-state index in [1.807, 2.05) is 17.1 Å². The van der Waals surface area contributed by atoms with Crippen LogP contribution in [0.4, 0.5) is 0 Å². The summed E-state index contributed by atoms with van der Waals surface area (Å²) in [7, 11) is 0. The first kappa shape index (κ1) is 5.96. The summed E-state index contributed by atoms with van der Waals surface area (Å²) in [6, 6.07) is 0. The zero-order chi connectivity index (χ0) is 4.83. The minimum atomic E-state index is 0.950. The minimum Gasteiger partial charge on any atom is -0.103 e. The van der Waals surface area contributed by atoms with Gasteiger partial charge in [0, 0.05) is 0 Å². The third-order valence-electron chi connectivity index (χ3n) is 0.392. The molecule has 0 spiro atoms. The van der Waals surface area contributed by atoms with Crippen molar-refractivity contribution in [2.75, 3.05) is 0 Å². The van der Waals surface area contributed by atoms with Gasteiger partial charge in [-0.3, -0.25) is 0 Å². The van der Waals surface area contributed by atoms with Gasteiger partial charge in [-0.05, 0) is 11.4 Å². The molecule has 0 saturated heterocycles. The molecule has 0 N–H and O–H groups in total. The molecule has 0 atom stereocenters. The van der Waals surface area contributed by atoms with Gasteiger partial charge in [0.15, 0.2) is 0 Å². The van der Waals surface area contributed by atoms with Gasteiger partial charge in [-0.1, -0.05) is 28.1 Å². The molecule has 0 aliphatic carbocycles. The highest BCUT2D eigenvalue weighted by Gasteiger charge is 1.58. The van der Waals surface area contributed by atoms with Crippen molar-refractivity contribution < 1.29 is 0 Å². The molecular weight excluding hydrogens is 140 g/mol. The third-order valence-corrected chi connectivity index (χ3v) is 0.766. The number of allylic oxidation sites excluding steroid dienone is 2. The first-order chi connectivity index (χ1) is 2.91. The average Bonchev–Trinajstić information content (AvgIpc) is 1.61. The Labute approximate surface area is 46.7 Å². The molecule has 0 heterocycles. The monoisotopic (exact) mass is 146 g/mol. The lowest BCUT2D eigenvalue weighted by molar-refractivity contribution is 1.42. The van der Waals surface area contributed by atoms with E-state index in [0.717, 1.165) is 6.42 Å². The fourth-order valence-electron chi connectivity index (χ4n) is 0.148. The molecule has 0 bridgehead atoms. The predicted molar refractivity (Wildman–Crippen MR) is 32.9 cm³/mol. The standard InChI is InChI=1S/C5H7Br/c1-2-3-4-5-6/h2,4-5H,1,3H2. The number of rotatable bonds is 2. The SMILES string of the molecule is C=CCC=CBr. The summed E-state index contributed by atoms with van der Waals surface area (Å²) < 4.78 is 0. The van der Waals surface area contributed by atoms with Gasteiger partial charge >= 0.3 is 0 Å². The second-order valence-electron chi connectivity index (χ2n) is 0.886. The lowest BCUT2D eigenvalue weighted by Gasteiger charge is -1.68. The Morgan fingerprint density at radius 2 is 2.33 bits per heavy atom. The van der Waals surface area contributed by atoms with Crippen LogP contribution in [0.15, 0.2) is 23.7 Å². The van der Waals surface area contributed by atoms with Crippen molar-refractivity contribution in [2.45, 2.75) is 6.42 Å². The van der Waals surface area contributed by atoms with E-state index < -0.39 is 0 Å². The molecule has 0 aliphatic rings. The molecule has 0 radical (unpaired) electrons. The van der Waals surface area contributed by atoms with Crippen molar-refractivity contribution in [3.63, 3.8) is 0 Å². The van der Waals surface area contributed by atoms with Crippen LogP contribution in [-0.4, -0.2) is 0 Å². The second kappa shape index (κ2) is 4.96. The normalized spacial score (nSPS) is 9.50. The van der Waals surface area contributed by atoms with Crippen molar-refractivity contribution in [3.05, 3.63) is 23.7 Å². The number of halogens is 1. The van der Waals surface area contributed by atoms with E-state index in [-0.39, 0.29) is 0 Å². The quantitative estimate of drug-likeness (QED) is 0.526. The van der Waals surface area contributed by atoms with Gasteiger partial charge in [-0.25, -0.2) is 0 Å². The molecule has 0 nitrogen and oxygen atoms in total. The van der Waals surface area contributed by atoms with Crippen LogP contribution >= 0.6 is 15.9 Å². The highest BCUT2D eigenvalue weighted by Crippen LogP contribution is 1.86. The van der Waals surface area contributed by atoms with E-state index in [0.29, 0.717) is 0 Å². The summed E-state index contributed by atoms with van der Waals surface area (Å²) in [5.74, 6) is 0. The van der Waals surface area contributed by atoms with E-state index in [1.54, 1.807) is 0 Å². The molecule has 0 aliphatic heterocycles. The Kier molecular flexibility index (Phi) is 4.93. The lowest BCUT2D eigenvalue weighted by atomic mass is 10.4. The van der Waals surface area contributed by atoms with Gasteiger partial charge in [0.2, 0.25) is 0 Å². The van der Waals surface area contributed by atoms with Crippen LogP contribution in [-0.2, 0) is 0 Å². The minimum absolute atomic E-state index is 0.950. The molecule has 1 heteroatoms. The summed E-state index contributed by atoms with van der Waals surface area (Å²) >= 11 is 3.12. The maximum absolute atomic E-state index is 3.53. The van der Waals surface area contributed by atoms with E-state index in [9.17, 15) is 0 Å². The van der Waals surface area contributed by atoms with Crippen molar-refractivity contribution in [1.82, 2.24) is 0 Å². The zero-order valence-corrected chi connectivity index (χ0v) is 5.11. The molecule has 0 rings (SSSR count). The molecule has 6 heavy (non-hydrogen) atoms. The van der Waals surface area contributed by atoms with Crippen LogP contribution in [0.5, 0.6) is 0 Å². The maximum atomic E-state index is 3.53. The molecule has 0 fully saturated rings. The molecule has 34 valence electrons. The summed E-state index contributed by atoms with van der Waals surface area (Å²) in [4.78, 5) is 1.83. The fraction of sp³-hybridized carbons (Fsp3) is 0.200. The maximum Gasteiger partial charge on any atom is -0.0164 e. The second-order valence-corrected chi connectivity index (χ2v) is 1.41. The van der Waals surface area contributed by atoms with Gasteiger partial charge < -0.3 is 0 Å². The summed E-state index contributed by atoms with van der Waals surface area (Å²) in [6.45, 7) is 3.53. The van der Waals surface area contributed by atoms with E-state index in [2.05, 4.69) is 22.5 Å². The van der Waals surface area contributed by atoms with Crippen LogP contribution < -0.4 is 0 Å². The molecule has 0 aromatic heterocycles. The van der Waals surface area contributed by atoms with Crippen molar-refractivity contribution in [2.24, 2.45) is 0 Å². The lowest BCUT2D eigenvalue weighted by Crippen LogP contribution is -1.46. The average molecular weight is 147 g/mol. The first-order valence-corrected chi connectivity index (χ1v) is 2.69. The van der Waals surface area contributed by atoms with Gasteiger partial charge in [-0.2, -0.15) is 0 Å². The highest BCUT2D eigenvalue weighted by atomic mass is 79.9. The predicted octanol–water partition coefficient (Wildman–Crippen LogP) is 2.47. The smallest absolute Gasteiger partial charge is 0.0164 e. The van der Waals surface area contributed by atoms with Crippen molar-refractivity contribution in [3.8, 4) is 0 Å². The topological polar surface area (TPSA) is 0 Å². The van der Waals surface area contributed by atoms with Crippen LogP contribution in [0.25, 0.3) is 0 Å². The summed E-state index contributed by atoms with van der Waals surface area (Å²) in [5.41, 5.74) is 0. The van der Waals surface area contributed by atoms with E-state index in [1.165, 1.54) is 0 Å². The van der Waals surface area contributed by atoms with E-state index >= 15 is 0 Å². The van der Waals surface area contributed by atoms with Crippen molar-refractivity contribution in [1.29, 1.82) is 0 Å². The Balaban J connectivity index is 2.85. The Bertz CT molecular complexity index is 55.0. The largest absolute Gasteiger partial charge is 0.103 e. The van der Waals surface area contributed by atoms with E-state index in [4.69, 9.17) is 0 Å². The van der Waals surface area contributed by atoms with Gasteiger partial charge in [0.1, 0.15) is 0 Å². The van der Waals surface area contributed by atoms with Gasteiger partial charge in [0.05, 0.1) is 0 Å². The summed E-state index contributed by atoms with van der Waals surface area (Å²) in [6.07, 6.45) is 4.77. The van der Waals surface area contributed by atoms with Crippen LogP contribution in [0.3, 0.4) is 0 Å². The molecule has 0 aromatic carbocycles. The van der Waals surface area contributed by atoms with Crippen LogP contribution in [0.1, 0.15) is 6.42 Å². The Morgan fingerprint density at radius 3 is 2.50 bits per heavy atom. The van der Waals surface area contributed by atoms with Gasteiger partial charge in [-0.15, -0.1) is 6.58 Å². The Morgan fingerprint density at radius 1 is 1.67 bits per heavy atom. The number of hydrogen-bond donors (Lipinski definition) is 0. The molecule has 0 unspecified atom stereocenters. The third kappa shape index (κ3) is 3.96. The molecular formula is C5H7Br. The first-order valence-electron chi connectivity index (χ1n) is 1.78. The molecule has 0 aromatic rings. The highest BCUT2D eigenvalue weighted by molar-refractivity contribution is 9.11. The Hall–Kier alpha value is -0.0400. The molecule has 0 saturated carbocycles. The van der Waals surface area contributed by atoms with Crippen molar-refractivity contribution >= 4 is 15.9 Å². The number of hydrogen-bond acceptors (Lipinski definition) is 0. The molecule has 0 amide bonds. The zero-order valence-electron chi connectivity index (χ0n) is 3.52. The summed E-state index contributed by atoms with van der Waals surface area (Å²) in [5, 5.41) is 0. The fourth-order valence-corrected chi connectivity index (χ4v) is 0.363. The van der Waals surface area contributed by atoms with Crippen LogP contribution in [0, 0.1) is 0 Å². The van der Waals surface area contributed by atoms with Crippen LogP contribution in [0.2, 0.25) is 0 Å². The van der Waals surface area contributed by atoms with Gasteiger partial charge in [0.25, 0.3) is 0 Å².